The molecule has 0 aliphatic carbocycles. The van der Waals surface area contributed by atoms with Gasteiger partial charge in [0.05, 0.1) is 5.69 Å². The number of aryl methyl sites for hydroxylation is 1. The molecular formula is C7H8ClN3S. The van der Waals surface area contributed by atoms with Gasteiger partial charge in [-0.2, -0.15) is 0 Å². The monoisotopic (exact) mass is 201 g/mol. The molecule has 1 rings (SSSR count). The van der Waals surface area contributed by atoms with Crippen LogP contribution in [0, 0.1) is 6.92 Å². The van der Waals surface area contributed by atoms with E-state index in [4.69, 9.17) is 11.6 Å². The van der Waals surface area contributed by atoms with E-state index in [9.17, 15) is 0 Å². The van der Waals surface area contributed by atoms with E-state index in [0.717, 1.165) is 11.4 Å². The maximum Gasteiger partial charge on any atom is 0.162 e. The number of nitrogens with one attached hydrogen (secondary N) is 1. The van der Waals surface area contributed by atoms with Crippen LogP contribution >= 0.6 is 24.2 Å². The van der Waals surface area contributed by atoms with Gasteiger partial charge in [0.2, 0.25) is 0 Å². The van der Waals surface area contributed by atoms with Crippen LogP contribution in [0.5, 0.6) is 0 Å². The van der Waals surface area contributed by atoms with Crippen molar-refractivity contribution in [2.45, 2.75) is 12.1 Å². The predicted molar refractivity (Wildman–Crippen MR) is 54.0 cm³/mol. The van der Waals surface area contributed by atoms with Gasteiger partial charge in [0, 0.05) is 11.8 Å². The summed E-state index contributed by atoms with van der Waals surface area (Å²) < 4.78 is 0. The third-order valence-corrected chi connectivity index (χ3v) is 1.76. The van der Waals surface area contributed by atoms with E-state index in [2.05, 4.69) is 34.3 Å². The molecule has 1 aromatic rings. The zero-order valence-electron chi connectivity index (χ0n) is 6.50. The number of nitrogens with zero attached hydrogens (tertiary/aromatic N) is 2. The molecule has 1 N–H and O–H groups in total. The zero-order chi connectivity index (χ0) is 9.14. The smallest absolute Gasteiger partial charge is 0.162 e. The molecule has 0 aliphatic heterocycles. The number of thiol groups is 1. The number of imidazole rings is 1. The number of H-pyrrole nitrogens is 1. The molecule has 0 atom stereocenters. The van der Waals surface area contributed by atoms with E-state index in [1.165, 1.54) is 0 Å². The average Bonchev–Trinajstić information content (AvgIpc) is 2.30. The lowest BCUT2D eigenvalue weighted by Gasteiger charge is -1.87. The Morgan fingerprint density at radius 1 is 1.83 bits per heavy atom. The molecule has 1 heterocycles. The van der Waals surface area contributed by atoms with Crippen molar-refractivity contribution in [3.8, 4) is 0 Å². The van der Waals surface area contributed by atoms with Crippen LogP contribution in [0.3, 0.4) is 0 Å². The minimum absolute atomic E-state index is 0.318. The number of aromatic nitrogens is 2. The summed E-state index contributed by atoms with van der Waals surface area (Å²) in [5, 5.41) is 0.880. The SMILES string of the molecule is C=N/C(Cl)=C\c1nc(S)[nH]c1C. The molecule has 12 heavy (non-hydrogen) atoms. The van der Waals surface area contributed by atoms with E-state index >= 15 is 0 Å². The lowest BCUT2D eigenvalue weighted by Crippen LogP contribution is -1.76. The Bertz CT molecular complexity index is 329. The topological polar surface area (TPSA) is 41.0 Å². The molecule has 0 bridgehead atoms. The molecule has 0 aliphatic rings. The van der Waals surface area contributed by atoms with E-state index in [1.807, 2.05) is 6.92 Å². The van der Waals surface area contributed by atoms with Crippen molar-refractivity contribution in [1.82, 2.24) is 9.97 Å². The van der Waals surface area contributed by atoms with Crippen molar-refractivity contribution in [3.05, 3.63) is 16.5 Å². The van der Waals surface area contributed by atoms with Crippen LogP contribution in [-0.2, 0) is 0 Å². The van der Waals surface area contributed by atoms with Gasteiger partial charge in [0.15, 0.2) is 5.16 Å². The fourth-order valence-corrected chi connectivity index (χ4v) is 1.14. The summed E-state index contributed by atoms with van der Waals surface area (Å²) in [6.07, 6.45) is 1.63. The summed E-state index contributed by atoms with van der Waals surface area (Å²) in [5.74, 6) is 0. The summed E-state index contributed by atoms with van der Waals surface area (Å²) >= 11 is 9.68. The van der Waals surface area contributed by atoms with Crippen LogP contribution in [0.25, 0.3) is 6.08 Å². The largest absolute Gasteiger partial charge is 0.337 e. The first kappa shape index (κ1) is 9.35. The van der Waals surface area contributed by atoms with E-state index in [-0.39, 0.29) is 0 Å². The van der Waals surface area contributed by atoms with Gasteiger partial charge in [-0.15, -0.1) is 12.6 Å². The maximum atomic E-state index is 5.63. The summed E-state index contributed by atoms with van der Waals surface area (Å²) in [7, 11) is 0. The lowest BCUT2D eigenvalue weighted by molar-refractivity contribution is 1.05. The minimum atomic E-state index is 0.318. The van der Waals surface area contributed by atoms with Crippen LogP contribution in [0.4, 0.5) is 0 Å². The van der Waals surface area contributed by atoms with E-state index in [1.54, 1.807) is 6.08 Å². The van der Waals surface area contributed by atoms with Crippen LogP contribution in [-0.4, -0.2) is 16.7 Å². The number of hydrogen-bond donors (Lipinski definition) is 2. The minimum Gasteiger partial charge on any atom is -0.337 e. The Kier molecular flexibility index (Phi) is 2.94. The number of rotatable bonds is 2. The molecule has 0 fully saturated rings. The summed E-state index contributed by atoms with van der Waals surface area (Å²) in [4.78, 5) is 10.5. The molecule has 1 aromatic heterocycles. The Hall–Kier alpha value is -0.740. The molecule has 0 unspecified atom stereocenters. The normalized spacial score (nSPS) is 11.8. The average molecular weight is 202 g/mol. The van der Waals surface area contributed by atoms with Crippen LogP contribution in [0.2, 0.25) is 0 Å². The first-order chi connectivity index (χ1) is 5.63. The van der Waals surface area contributed by atoms with Gasteiger partial charge >= 0.3 is 0 Å². The second-order valence-electron chi connectivity index (χ2n) is 2.20. The van der Waals surface area contributed by atoms with Crippen molar-refractivity contribution in [2.75, 3.05) is 0 Å². The van der Waals surface area contributed by atoms with Crippen molar-refractivity contribution in [2.24, 2.45) is 4.99 Å². The van der Waals surface area contributed by atoms with Crippen LogP contribution in [0.1, 0.15) is 11.4 Å². The van der Waals surface area contributed by atoms with Gasteiger partial charge in [0.25, 0.3) is 0 Å². The molecular weight excluding hydrogens is 194 g/mol. The number of hydrogen-bond acceptors (Lipinski definition) is 3. The predicted octanol–water partition coefficient (Wildman–Crippen LogP) is 2.24. The van der Waals surface area contributed by atoms with E-state index < -0.39 is 0 Å². The van der Waals surface area contributed by atoms with E-state index in [0.29, 0.717) is 10.3 Å². The maximum absolute atomic E-state index is 5.63. The Morgan fingerprint density at radius 2 is 2.50 bits per heavy atom. The van der Waals surface area contributed by atoms with Crippen LogP contribution < -0.4 is 0 Å². The van der Waals surface area contributed by atoms with Gasteiger partial charge < -0.3 is 4.98 Å². The molecule has 0 saturated heterocycles. The second kappa shape index (κ2) is 3.78. The Morgan fingerprint density at radius 3 is 2.92 bits per heavy atom. The summed E-state index contributed by atoms with van der Waals surface area (Å²) in [6, 6.07) is 0. The van der Waals surface area contributed by atoms with Gasteiger partial charge in [-0.25, -0.2) is 4.98 Å². The standard InChI is InChI=1S/C7H8ClN3S/c1-4-5(3-6(8)9-2)11-7(12)10-4/h3H,2H2,1H3,(H2,10,11,12)/b6-3-. The first-order valence-corrected chi connectivity index (χ1v) is 4.05. The van der Waals surface area contributed by atoms with Crippen molar-refractivity contribution in [3.63, 3.8) is 0 Å². The van der Waals surface area contributed by atoms with Gasteiger partial charge in [-0.3, -0.25) is 4.99 Å². The van der Waals surface area contributed by atoms with Gasteiger partial charge in [-0.05, 0) is 13.6 Å². The molecule has 64 valence electrons. The zero-order valence-corrected chi connectivity index (χ0v) is 8.15. The third kappa shape index (κ3) is 2.12. The molecule has 0 amide bonds. The van der Waals surface area contributed by atoms with Crippen molar-refractivity contribution < 1.29 is 0 Å². The lowest BCUT2D eigenvalue weighted by atomic mass is 10.3. The van der Waals surface area contributed by atoms with Crippen LogP contribution in [0.15, 0.2) is 15.3 Å². The molecule has 3 nitrogen and oxygen atoms in total. The van der Waals surface area contributed by atoms with Gasteiger partial charge in [0.1, 0.15) is 5.16 Å². The highest BCUT2D eigenvalue weighted by Crippen LogP contribution is 2.14. The summed E-state index contributed by atoms with van der Waals surface area (Å²) in [5.41, 5.74) is 1.64. The highest BCUT2D eigenvalue weighted by atomic mass is 35.5. The highest BCUT2D eigenvalue weighted by molar-refractivity contribution is 7.80. The number of aliphatic imine (C=N–C) groups is 1. The highest BCUT2D eigenvalue weighted by Gasteiger charge is 2.01. The first-order valence-electron chi connectivity index (χ1n) is 3.23. The molecule has 0 radical (unpaired) electrons. The Labute approximate surface area is 81.0 Å². The molecule has 0 saturated carbocycles. The Balaban J connectivity index is 3.03. The number of halogens is 1. The molecule has 0 aromatic carbocycles. The van der Waals surface area contributed by atoms with Crippen molar-refractivity contribution >= 4 is 37.0 Å². The van der Waals surface area contributed by atoms with Gasteiger partial charge in [-0.1, -0.05) is 11.6 Å². The fourth-order valence-electron chi connectivity index (χ4n) is 0.757. The third-order valence-electron chi connectivity index (χ3n) is 1.32. The second-order valence-corrected chi connectivity index (χ2v) is 3.01. The molecule has 0 spiro atoms. The molecule has 5 heteroatoms. The fraction of sp³-hybridized carbons (Fsp3) is 0.143. The quantitative estimate of drug-likeness (QED) is 0.430. The number of aromatic amines is 1. The van der Waals surface area contributed by atoms with Crippen molar-refractivity contribution in [1.29, 1.82) is 0 Å². The summed E-state index contributed by atoms with van der Waals surface area (Å²) in [6.45, 7) is 5.17.